The Bertz CT molecular complexity index is 1150. The van der Waals surface area contributed by atoms with Crippen LogP contribution in [0.2, 0.25) is 0 Å². The molecule has 2 heterocycles. The van der Waals surface area contributed by atoms with E-state index in [2.05, 4.69) is 20.2 Å². The number of hydrogen-bond acceptors (Lipinski definition) is 7. The van der Waals surface area contributed by atoms with E-state index in [1.807, 2.05) is 6.07 Å². The van der Waals surface area contributed by atoms with Crippen LogP contribution in [0.4, 0.5) is 11.4 Å². The summed E-state index contributed by atoms with van der Waals surface area (Å²) in [5.74, 6) is -0.683. The second kappa shape index (κ2) is 7.92. The van der Waals surface area contributed by atoms with Crippen LogP contribution in [-0.2, 0) is 10.0 Å². The summed E-state index contributed by atoms with van der Waals surface area (Å²) in [4.78, 5) is 16.0. The van der Waals surface area contributed by atoms with Crippen LogP contribution in [-0.4, -0.2) is 31.6 Å². The van der Waals surface area contributed by atoms with Crippen molar-refractivity contribution in [2.45, 2.75) is 25.7 Å². The third-order valence-corrected chi connectivity index (χ3v) is 5.47. The monoisotopic (exact) mass is 416 g/mol. The Labute approximate surface area is 168 Å². The second-order valence-electron chi connectivity index (χ2n) is 6.39. The molecule has 0 fully saturated rings. The highest BCUT2D eigenvalue weighted by atomic mass is 32.2. The van der Waals surface area contributed by atoms with Gasteiger partial charge >= 0.3 is 0 Å². The molecule has 9 nitrogen and oxygen atoms in total. The summed E-state index contributed by atoms with van der Waals surface area (Å²) in [7, 11) is -2.73. The van der Waals surface area contributed by atoms with Crippen LogP contribution in [0.5, 0.6) is 5.88 Å². The van der Waals surface area contributed by atoms with E-state index in [1.165, 1.54) is 25.4 Å². The summed E-state index contributed by atoms with van der Waals surface area (Å²) in [6.45, 7) is 5.28. The van der Waals surface area contributed by atoms with Gasteiger partial charge in [-0.1, -0.05) is 23.4 Å². The summed E-state index contributed by atoms with van der Waals surface area (Å²) >= 11 is 0. The van der Waals surface area contributed by atoms with E-state index in [1.54, 1.807) is 32.9 Å². The lowest BCUT2D eigenvalue weighted by atomic mass is 10.1. The molecule has 10 heteroatoms. The lowest BCUT2D eigenvalue weighted by Gasteiger charge is -2.15. The predicted octanol–water partition coefficient (Wildman–Crippen LogP) is 3.06. The third-order valence-electron chi connectivity index (χ3n) is 4.13. The number of methoxy groups -OCH3 is 1. The van der Waals surface area contributed by atoms with Crippen LogP contribution in [0.3, 0.4) is 0 Å². The fourth-order valence-corrected chi connectivity index (χ4v) is 4.02. The third kappa shape index (κ3) is 4.37. The minimum atomic E-state index is -4.04. The Morgan fingerprint density at radius 3 is 2.41 bits per heavy atom. The van der Waals surface area contributed by atoms with Crippen LogP contribution in [0.15, 0.2) is 45.9 Å². The van der Waals surface area contributed by atoms with E-state index in [9.17, 15) is 13.2 Å². The van der Waals surface area contributed by atoms with Gasteiger partial charge in [0.05, 0.1) is 30.4 Å². The largest absolute Gasteiger partial charge is 0.480 e. The van der Waals surface area contributed by atoms with Gasteiger partial charge in [-0.3, -0.25) is 9.52 Å². The molecule has 0 atom stereocenters. The maximum Gasteiger partial charge on any atom is 0.294 e. The van der Waals surface area contributed by atoms with Gasteiger partial charge in [-0.2, -0.15) is 0 Å². The number of benzene rings is 1. The number of rotatable bonds is 6. The van der Waals surface area contributed by atoms with Gasteiger partial charge in [-0.25, -0.2) is 13.4 Å². The maximum atomic E-state index is 13.0. The number of pyridine rings is 1. The first-order chi connectivity index (χ1) is 13.7. The first-order valence-electron chi connectivity index (χ1n) is 8.59. The smallest absolute Gasteiger partial charge is 0.294 e. The number of ether oxygens (including phenoxy) is 1. The zero-order valence-electron chi connectivity index (χ0n) is 16.3. The normalized spacial score (nSPS) is 11.2. The lowest BCUT2D eigenvalue weighted by Crippen LogP contribution is -2.17. The van der Waals surface area contributed by atoms with E-state index in [4.69, 9.17) is 9.26 Å². The van der Waals surface area contributed by atoms with Crippen molar-refractivity contribution in [1.29, 1.82) is 0 Å². The van der Waals surface area contributed by atoms with Crippen LogP contribution in [0.25, 0.3) is 0 Å². The van der Waals surface area contributed by atoms with Gasteiger partial charge in [0.2, 0.25) is 11.6 Å². The number of carbonyl (C=O) groups excluding carboxylic acids is 1. The zero-order chi connectivity index (χ0) is 21.2. The molecule has 1 aromatic carbocycles. The maximum absolute atomic E-state index is 13.0. The van der Waals surface area contributed by atoms with Gasteiger partial charge in [0.15, 0.2) is 4.90 Å². The molecule has 1 amide bonds. The molecular formula is C19H20N4O5S. The summed E-state index contributed by atoms with van der Waals surface area (Å²) in [6.07, 6.45) is 1.29. The number of aryl methyl sites for hydroxylation is 3. The fraction of sp³-hybridized carbons (Fsp3) is 0.211. The highest BCUT2D eigenvalue weighted by Crippen LogP contribution is 2.29. The minimum absolute atomic E-state index is 0.00335. The van der Waals surface area contributed by atoms with Gasteiger partial charge in [0.1, 0.15) is 0 Å². The van der Waals surface area contributed by atoms with Crippen molar-refractivity contribution in [3.05, 3.63) is 59.1 Å². The molecule has 0 saturated heterocycles. The van der Waals surface area contributed by atoms with E-state index < -0.39 is 15.9 Å². The van der Waals surface area contributed by atoms with Gasteiger partial charge in [-0.05, 0) is 38.0 Å². The highest BCUT2D eigenvalue weighted by molar-refractivity contribution is 7.92. The Morgan fingerprint density at radius 2 is 1.83 bits per heavy atom. The topological polar surface area (TPSA) is 123 Å². The molecule has 0 aliphatic rings. The first kappa shape index (κ1) is 20.3. The van der Waals surface area contributed by atoms with Crippen molar-refractivity contribution in [1.82, 2.24) is 10.1 Å². The van der Waals surface area contributed by atoms with Crippen molar-refractivity contribution in [3.63, 3.8) is 0 Å². The molecule has 0 bridgehead atoms. The molecule has 3 rings (SSSR count). The van der Waals surface area contributed by atoms with Crippen molar-refractivity contribution < 1.29 is 22.5 Å². The van der Waals surface area contributed by atoms with Crippen LogP contribution < -0.4 is 14.8 Å². The lowest BCUT2D eigenvalue weighted by molar-refractivity contribution is 0.0987. The molecule has 0 aliphatic carbocycles. The number of hydrogen-bond donors (Lipinski definition) is 2. The fourth-order valence-electron chi connectivity index (χ4n) is 2.67. The summed E-state index contributed by atoms with van der Waals surface area (Å²) in [5.41, 5.74) is 2.72. The molecule has 0 radical (unpaired) electrons. The number of anilines is 2. The van der Waals surface area contributed by atoms with E-state index in [0.29, 0.717) is 11.4 Å². The first-order valence-corrected chi connectivity index (χ1v) is 10.1. The van der Waals surface area contributed by atoms with Crippen LogP contribution >= 0.6 is 0 Å². The summed E-state index contributed by atoms with van der Waals surface area (Å²) in [6, 6.07) is 8.17. The standard InChI is InChI=1S/C19H20N4O5S/c1-11-6-5-7-12(2)17(11)23-29(25,26)16-9-14(10-20-19(16)27-4)21-18(24)15-8-13(3)22-28-15/h5-10,23H,1-4H3,(H,21,24). The van der Waals surface area contributed by atoms with Gasteiger partial charge in [0, 0.05) is 6.07 Å². The van der Waals surface area contributed by atoms with Crippen LogP contribution in [0.1, 0.15) is 27.4 Å². The number of aromatic nitrogens is 2. The van der Waals surface area contributed by atoms with E-state index >= 15 is 0 Å². The van der Waals surface area contributed by atoms with Gasteiger partial charge in [0.25, 0.3) is 15.9 Å². The van der Waals surface area contributed by atoms with Crippen molar-refractivity contribution in [3.8, 4) is 5.88 Å². The molecule has 2 N–H and O–H groups in total. The molecule has 0 aliphatic heterocycles. The van der Waals surface area contributed by atoms with Crippen molar-refractivity contribution in [2.24, 2.45) is 0 Å². The van der Waals surface area contributed by atoms with Gasteiger partial charge < -0.3 is 14.6 Å². The quantitative estimate of drug-likeness (QED) is 0.633. The number of carbonyl (C=O) groups is 1. The molecule has 2 aromatic heterocycles. The average molecular weight is 416 g/mol. The predicted molar refractivity (Wildman–Crippen MR) is 107 cm³/mol. The van der Waals surface area contributed by atoms with E-state index in [-0.39, 0.29) is 22.2 Å². The molecule has 3 aromatic rings. The number of sulfonamides is 1. The van der Waals surface area contributed by atoms with E-state index in [0.717, 1.165) is 11.1 Å². The number of amides is 1. The summed E-state index contributed by atoms with van der Waals surface area (Å²) < 4.78 is 38.6. The van der Waals surface area contributed by atoms with Crippen LogP contribution in [0, 0.1) is 20.8 Å². The molecule has 29 heavy (non-hydrogen) atoms. The Hall–Kier alpha value is -3.40. The molecule has 0 saturated carbocycles. The zero-order valence-corrected chi connectivity index (χ0v) is 17.1. The molecule has 0 unspecified atom stereocenters. The molecule has 0 spiro atoms. The number of nitrogens with one attached hydrogen (secondary N) is 2. The molecular weight excluding hydrogens is 396 g/mol. The average Bonchev–Trinajstić information content (AvgIpc) is 3.11. The SMILES string of the molecule is COc1ncc(NC(=O)c2cc(C)no2)cc1S(=O)(=O)Nc1c(C)cccc1C. The Kier molecular flexibility index (Phi) is 5.55. The number of para-hydroxylation sites is 1. The number of nitrogens with zero attached hydrogens (tertiary/aromatic N) is 2. The minimum Gasteiger partial charge on any atom is -0.480 e. The highest BCUT2D eigenvalue weighted by Gasteiger charge is 2.24. The Morgan fingerprint density at radius 1 is 1.14 bits per heavy atom. The second-order valence-corrected chi connectivity index (χ2v) is 8.04. The Balaban J connectivity index is 1.95. The molecule has 152 valence electrons. The van der Waals surface area contributed by atoms with Crippen molar-refractivity contribution >= 4 is 27.3 Å². The summed E-state index contributed by atoms with van der Waals surface area (Å²) in [5, 5.41) is 6.19. The van der Waals surface area contributed by atoms with Gasteiger partial charge in [-0.15, -0.1) is 0 Å². The van der Waals surface area contributed by atoms with Crippen molar-refractivity contribution in [2.75, 3.05) is 17.1 Å².